The summed E-state index contributed by atoms with van der Waals surface area (Å²) in [6.07, 6.45) is -4.48. The maximum Gasteiger partial charge on any atom is 0.416 e. The predicted molar refractivity (Wildman–Crippen MR) is 60.5 cm³/mol. The molecule has 5 nitrogen and oxygen atoms in total. The Balaban J connectivity index is 2.17. The molecule has 0 spiro atoms. The molecule has 0 bridgehead atoms. The molecule has 1 saturated heterocycles. The van der Waals surface area contributed by atoms with Gasteiger partial charge in [-0.1, -0.05) is 0 Å². The number of nitrogens with zero attached hydrogens (tertiary/aromatic N) is 1. The lowest BCUT2D eigenvalue weighted by atomic mass is 10.1. The van der Waals surface area contributed by atoms with Crippen molar-refractivity contribution in [1.29, 1.82) is 0 Å². The van der Waals surface area contributed by atoms with E-state index in [0.717, 1.165) is 29.2 Å². The highest BCUT2D eigenvalue weighted by Gasteiger charge is 2.31. The first-order valence-corrected chi connectivity index (χ1v) is 5.56. The number of hydrogen-bond acceptors (Lipinski definition) is 3. The topological polar surface area (TPSA) is 66.5 Å². The zero-order valence-electron chi connectivity index (χ0n) is 10.0. The quantitative estimate of drug-likeness (QED) is 0.777. The van der Waals surface area contributed by atoms with Crippen LogP contribution in [0.5, 0.6) is 0 Å². The van der Waals surface area contributed by atoms with E-state index in [1.165, 1.54) is 0 Å². The summed E-state index contributed by atoms with van der Waals surface area (Å²) in [5, 5.41) is 2.02. The van der Waals surface area contributed by atoms with Crippen molar-refractivity contribution in [3.8, 4) is 0 Å². The number of nitrogens with one attached hydrogen (secondary N) is 1. The van der Waals surface area contributed by atoms with Crippen LogP contribution in [0, 0.1) is 0 Å². The van der Waals surface area contributed by atoms with Crippen LogP contribution >= 0.6 is 0 Å². The Bertz CT molecular complexity index is 550. The lowest BCUT2D eigenvalue weighted by Gasteiger charge is -2.25. The van der Waals surface area contributed by atoms with Crippen LogP contribution in [0.3, 0.4) is 0 Å². The summed E-state index contributed by atoms with van der Waals surface area (Å²) in [7, 11) is 0. The standard InChI is InChI=1S/C12H9F3N2O3/c13-12(14,15)8-3-1-7(2-4-8)11(20)17-5-9(18)16-10(19)6-17/h1-4H,5-6H2,(H,16,18,19). The molecule has 3 amide bonds. The molecule has 1 aliphatic rings. The van der Waals surface area contributed by atoms with E-state index >= 15 is 0 Å². The summed E-state index contributed by atoms with van der Waals surface area (Å²) in [5.41, 5.74) is -0.887. The van der Waals surface area contributed by atoms with Crippen LogP contribution in [-0.2, 0) is 15.8 Å². The largest absolute Gasteiger partial charge is 0.416 e. The molecule has 8 heteroatoms. The average molecular weight is 286 g/mol. The number of carbonyl (C=O) groups excluding carboxylic acids is 3. The summed E-state index contributed by atoms with van der Waals surface area (Å²) < 4.78 is 37.2. The second-order valence-electron chi connectivity index (χ2n) is 4.21. The van der Waals surface area contributed by atoms with Crippen LogP contribution in [0.4, 0.5) is 13.2 Å². The third-order valence-electron chi connectivity index (χ3n) is 2.69. The lowest BCUT2D eigenvalue weighted by Crippen LogP contribution is -2.53. The number of imide groups is 1. The van der Waals surface area contributed by atoms with Gasteiger partial charge in [0.05, 0.1) is 5.56 Å². The Labute approximate surface area is 111 Å². The van der Waals surface area contributed by atoms with Gasteiger partial charge in [0.1, 0.15) is 13.1 Å². The van der Waals surface area contributed by atoms with Gasteiger partial charge < -0.3 is 4.90 Å². The molecule has 0 atom stereocenters. The SMILES string of the molecule is O=C1CN(C(=O)c2ccc(C(F)(F)F)cc2)CC(=O)N1. The number of halogens is 3. The molecule has 0 aromatic heterocycles. The highest BCUT2D eigenvalue weighted by molar-refractivity contribution is 6.05. The third kappa shape index (κ3) is 2.95. The Morgan fingerprint density at radius 1 is 1.05 bits per heavy atom. The van der Waals surface area contributed by atoms with Crippen molar-refractivity contribution in [1.82, 2.24) is 10.2 Å². The monoisotopic (exact) mass is 286 g/mol. The molecular formula is C12H9F3N2O3. The lowest BCUT2D eigenvalue weighted by molar-refractivity contribution is -0.137. The molecule has 0 saturated carbocycles. The van der Waals surface area contributed by atoms with Crippen LogP contribution in [-0.4, -0.2) is 35.7 Å². The smallest absolute Gasteiger partial charge is 0.320 e. The van der Waals surface area contributed by atoms with Gasteiger partial charge in [0.15, 0.2) is 0 Å². The predicted octanol–water partition coefficient (Wildman–Crippen LogP) is 0.804. The highest BCUT2D eigenvalue weighted by Crippen LogP contribution is 2.29. The van der Waals surface area contributed by atoms with Crippen molar-refractivity contribution in [2.75, 3.05) is 13.1 Å². The van der Waals surface area contributed by atoms with Crippen molar-refractivity contribution in [3.63, 3.8) is 0 Å². The molecule has 1 fully saturated rings. The molecule has 0 aliphatic carbocycles. The van der Waals surface area contributed by atoms with Gasteiger partial charge in [-0.05, 0) is 24.3 Å². The van der Waals surface area contributed by atoms with Gasteiger partial charge in [-0.2, -0.15) is 13.2 Å². The molecule has 1 heterocycles. The number of piperazine rings is 1. The van der Waals surface area contributed by atoms with Crippen LogP contribution in [0.2, 0.25) is 0 Å². The molecule has 0 radical (unpaired) electrons. The van der Waals surface area contributed by atoms with Crippen molar-refractivity contribution in [2.45, 2.75) is 6.18 Å². The molecule has 2 rings (SSSR count). The normalized spacial score (nSPS) is 16.1. The van der Waals surface area contributed by atoms with Gasteiger partial charge in [-0.15, -0.1) is 0 Å². The fourth-order valence-electron chi connectivity index (χ4n) is 1.77. The van der Waals surface area contributed by atoms with Crippen molar-refractivity contribution in [2.24, 2.45) is 0 Å². The molecular weight excluding hydrogens is 277 g/mol. The van der Waals surface area contributed by atoms with Gasteiger partial charge in [0.2, 0.25) is 11.8 Å². The minimum atomic E-state index is -4.48. The molecule has 1 aliphatic heterocycles. The maximum absolute atomic E-state index is 12.4. The van der Waals surface area contributed by atoms with Gasteiger partial charge in [-0.3, -0.25) is 19.7 Å². The highest BCUT2D eigenvalue weighted by atomic mass is 19.4. The summed E-state index contributed by atoms with van der Waals surface area (Å²) in [6, 6.07) is 3.59. The molecule has 106 valence electrons. The number of hydrogen-bond donors (Lipinski definition) is 1. The average Bonchev–Trinajstić information content (AvgIpc) is 2.36. The zero-order chi connectivity index (χ0) is 14.9. The number of alkyl halides is 3. The second kappa shape index (κ2) is 4.95. The van der Waals surface area contributed by atoms with Gasteiger partial charge >= 0.3 is 6.18 Å². The first-order valence-electron chi connectivity index (χ1n) is 5.56. The van der Waals surface area contributed by atoms with E-state index in [4.69, 9.17) is 0 Å². The molecule has 1 aromatic carbocycles. The van der Waals surface area contributed by atoms with Crippen molar-refractivity contribution >= 4 is 17.7 Å². The van der Waals surface area contributed by atoms with E-state index in [0.29, 0.717) is 0 Å². The first-order chi connectivity index (χ1) is 9.27. The van der Waals surface area contributed by atoms with Crippen LogP contribution in [0.15, 0.2) is 24.3 Å². The zero-order valence-corrected chi connectivity index (χ0v) is 10.0. The van der Waals surface area contributed by atoms with Gasteiger partial charge in [0.25, 0.3) is 5.91 Å². The van der Waals surface area contributed by atoms with Crippen LogP contribution in [0.1, 0.15) is 15.9 Å². The first kappa shape index (κ1) is 14.0. The van der Waals surface area contributed by atoms with E-state index < -0.39 is 29.5 Å². The fraction of sp³-hybridized carbons (Fsp3) is 0.250. The summed E-state index contributed by atoms with van der Waals surface area (Å²) >= 11 is 0. The van der Waals surface area contributed by atoms with Gasteiger partial charge in [0, 0.05) is 5.56 Å². The van der Waals surface area contributed by atoms with E-state index in [1.54, 1.807) is 0 Å². The molecule has 20 heavy (non-hydrogen) atoms. The summed E-state index contributed by atoms with van der Waals surface area (Å²) in [6.45, 7) is -0.600. The van der Waals surface area contributed by atoms with E-state index in [-0.39, 0.29) is 18.7 Å². The minimum Gasteiger partial charge on any atom is -0.320 e. The number of amides is 3. The fourth-order valence-corrected chi connectivity index (χ4v) is 1.77. The Morgan fingerprint density at radius 2 is 1.55 bits per heavy atom. The van der Waals surface area contributed by atoms with Crippen LogP contribution < -0.4 is 5.32 Å². The van der Waals surface area contributed by atoms with Gasteiger partial charge in [-0.25, -0.2) is 0 Å². The Morgan fingerprint density at radius 3 is 2.00 bits per heavy atom. The second-order valence-corrected chi connectivity index (χ2v) is 4.21. The van der Waals surface area contributed by atoms with E-state index in [9.17, 15) is 27.6 Å². The van der Waals surface area contributed by atoms with E-state index in [1.807, 2.05) is 5.32 Å². The minimum absolute atomic E-state index is 0.0134. The molecule has 1 aromatic rings. The van der Waals surface area contributed by atoms with Crippen LogP contribution in [0.25, 0.3) is 0 Å². The summed E-state index contributed by atoms with van der Waals surface area (Å²) in [5.74, 6) is -1.91. The maximum atomic E-state index is 12.4. The van der Waals surface area contributed by atoms with Crippen molar-refractivity contribution < 1.29 is 27.6 Å². The molecule has 0 unspecified atom stereocenters. The van der Waals surface area contributed by atoms with E-state index in [2.05, 4.69) is 0 Å². The number of benzene rings is 1. The summed E-state index contributed by atoms with van der Waals surface area (Å²) in [4.78, 5) is 35.2. The Hall–Kier alpha value is -2.38. The Kier molecular flexibility index (Phi) is 3.47. The van der Waals surface area contributed by atoms with Crippen molar-refractivity contribution in [3.05, 3.63) is 35.4 Å². The number of rotatable bonds is 1. The molecule has 1 N–H and O–H groups in total. The number of carbonyl (C=O) groups is 3. The third-order valence-corrected chi connectivity index (χ3v) is 2.69.